The number of carbonyl (C=O) groups is 5. The van der Waals surface area contributed by atoms with E-state index in [0.29, 0.717) is 6.42 Å². The molecule has 0 spiro atoms. The lowest BCUT2D eigenvalue weighted by Crippen LogP contribution is -2.55. The molecular weight excluding hydrogens is 348 g/mol. The van der Waals surface area contributed by atoms with E-state index in [0.717, 1.165) is 0 Å². The van der Waals surface area contributed by atoms with E-state index in [1.54, 1.807) is 13.8 Å². The molecule has 11 nitrogen and oxygen atoms in total. The van der Waals surface area contributed by atoms with E-state index in [4.69, 9.17) is 15.9 Å². The van der Waals surface area contributed by atoms with Crippen LogP contribution >= 0.6 is 0 Å². The third-order valence-electron chi connectivity index (χ3n) is 3.70. The summed E-state index contributed by atoms with van der Waals surface area (Å²) in [6.07, 6.45) is -0.0645. The number of nitrogens with two attached hydrogens (primary N) is 1. The van der Waals surface area contributed by atoms with E-state index >= 15 is 0 Å². The zero-order valence-electron chi connectivity index (χ0n) is 14.9. The minimum absolute atomic E-state index is 0.308. The van der Waals surface area contributed by atoms with Crippen LogP contribution in [0.15, 0.2) is 0 Å². The van der Waals surface area contributed by atoms with Crippen molar-refractivity contribution in [2.75, 3.05) is 6.54 Å². The van der Waals surface area contributed by atoms with Crippen LogP contribution < -0.4 is 21.7 Å². The molecule has 0 rings (SSSR count). The molecule has 0 fully saturated rings. The number of amides is 3. The van der Waals surface area contributed by atoms with Gasteiger partial charge in [-0.1, -0.05) is 20.3 Å². The number of hydrogen-bond donors (Lipinski definition) is 6. The number of rotatable bonds is 11. The number of carbonyl (C=O) groups excluding carboxylic acids is 3. The molecule has 0 heterocycles. The van der Waals surface area contributed by atoms with Gasteiger partial charge < -0.3 is 31.9 Å². The quantitative estimate of drug-likeness (QED) is 0.240. The van der Waals surface area contributed by atoms with E-state index < -0.39 is 60.8 Å². The van der Waals surface area contributed by atoms with Crippen LogP contribution in [0.5, 0.6) is 0 Å². The minimum atomic E-state index is -1.31. The van der Waals surface area contributed by atoms with Crippen molar-refractivity contribution in [3.63, 3.8) is 0 Å². The molecule has 7 N–H and O–H groups in total. The van der Waals surface area contributed by atoms with Gasteiger partial charge in [0.2, 0.25) is 17.7 Å². The summed E-state index contributed by atoms with van der Waals surface area (Å²) in [5.74, 6) is -4.93. The molecule has 0 bridgehead atoms. The van der Waals surface area contributed by atoms with Gasteiger partial charge in [-0.3, -0.25) is 24.0 Å². The van der Waals surface area contributed by atoms with Crippen molar-refractivity contribution in [2.45, 2.75) is 51.7 Å². The summed E-state index contributed by atoms with van der Waals surface area (Å²) in [7, 11) is 0. The molecule has 0 aliphatic carbocycles. The average Bonchev–Trinajstić information content (AvgIpc) is 2.55. The highest BCUT2D eigenvalue weighted by atomic mass is 16.4. The summed E-state index contributed by atoms with van der Waals surface area (Å²) in [5.41, 5.74) is 5.47. The minimum Gasteiger partial charge on any atom is -0.481 e. The fraction of sp³-hybridized carbons (Fsp3) is 0.667. The molecule has 26 heavy (non-hydrogen) atoms. The number of hydrogen-bond acceptors (Lipinski definition) is 6. The Morgan fingerprint density at radius 2 is 1.58 bits per heavy atom. The van der Waals surface area contributed by atoms with Gasteiger partial charge in [0.25, 0.3) is 0 Å². The number of carboxylic acids is 2. The van der Waals surface area contributed by atoms with E-state index in [9.17, 15) is 24.0 Å². The van der Waals surface area contributed by atoms with Gasteiger partial charge in [0, 0.05) is 0 Å². The molecule has 0 aromatic rings. The lowest BCUT2D eigenvalue weighted by Gasteiger charge is -2.24. The topological polar surface area (TPSA) is 188 Å². The molecule has 0 saturated carbocycles. The lowest BCUT2D eigenvalue weighted by atomic mass is 9.97. The van der Waals surface area contributed by atoms with Gasteiger partial charge in [-0.25, -0.2) is 0 Å². The van der Waals surface area contributed by atoms with Crippen molar-refractivity contribution >= 4 is 29.7 Å². The predicted molar refractivity (Wildman–Crippen MR) is 89.9 cm³/mol. The SMILES string of the molecule is CCC(C)C(NC(=O)C(N)CC(=O)O)C(=O)NCC(=O)NC(C)C(=O)O. The van der Waals surface area contributed by atoms with Crippen LogP contribution in [-0.4, -0.2) is 64.5 Å². The standard InChI is InChI=1S/C15H26N4O7/c1-4-7(2)12(19-13(23)9(16)5-11(21)22)14(24)17-6-10(20)18-8(3)15(25)26/h7-9,12H,4-6,16H2,1-3H3,(H,17,24)(H,18,20)(H,19,23)(H,21,22)(H,25,26). The van der Waals surface area contributed by atoms with Crippen LogP contribution in [0.1, 0.15) is 33.6 Å². The van der Waals surface area contributed by atoms with Crippen molar-refractivity contribution < 1.29 is 34.2 Å². The largest absolute Gasteiger partial charge is 0.481 e. The summed E-state index contributed by atoms with van der Waals surface area (Å²) in [6.45, 7) is 4.28. The first-order valence-corrected chi connectivity index (χ1v) is 8.07. The molecule has 0 aliphatic heterocycles. The highest BCUT2D eigenvalue weighted by molar-refractivity contribution is 5.93. The first-order chi connectivity index (χ1) is 12.0. The van der Waals surface area contributed by atoms with Crippen molar-refractivity contribution in [1.82, 2.24) is 16.0 Å². The summed E-state index contributed by atoms with van der Waals surface area (Å²) < 4.78 is 0. The molecule has 3 amide bonds. The molecule has 0 aliphatic rings. The van der Waals surface area contributed by atoms with Gasteiger partial charge in [-0.05, 0) is 12.8 Å². The highest BCUT2D eigenvalue weighted by Gasteiger charge is 2.29. The Balaban J connectivity index is 4.79. The van der Waals surface area contributed by atoms with Gasteiger partial charge >= 0.3 is 11.9 Å². The zero-order chi connectivity index (χ0) is 20.4. The first kappa shape index (κ1) is 23.3. The van der Waals surface area contributed by atoms with E-state index in [1.807, 2.05) is 0 Å². The van der Waals surface area contributed by atoms with Crippen LogP contribution in [-0.2, 0) is 24.0 Å². The number of nitrogens with one attached hydrogen (secondary N) is 3. The normalized spacial score (nSPS) is 15.1. The van der Waals surface area contributed by atoms with Gasteiger partial charge in [0.15, 0.2) is 0 Å². The molecule has 4 unspecified atom stereocenters. The van der Waals surface area contributed by atoms with Crippen LogP contribution in [0.2, 0.25) is 0 Å². The smallest absolute Gasteiger partial charge is 0.325 e. The molecular formula is C15H26N4O7. The fourth-order valence-corrected chi connectivity index (χ4v) is 1.87. The second kappa shape index (κ2) is 11.0. The first-order valence-electron chi connectivity index (χ1n) is 8.07. The third kappa shape index (κ3) is 8.42. The van der Waals surface area contributed by atoms with Gasteiger partial charge in [-0.2, -0.15) is 0 Å². The van der Waals surface area contributed by atoms with Crippen molar-refractivity contribution in [2.24, 2.45) is 11.7 Å². The lowest BCUT2D eigenvalue weighted by molar-refractivity contribution is -0.141. The van der Waals surface area contributed by atoms with E-state index in [1.165, 1.54) is 6.92 Å². The number of carboxylic acid groups (broad SMARTS) is 2. The number of aliphatic carboxylic acids is 2. The molecule has 0 aromatic heterocycles. The Kier molecular flexibility index (Phi) is 9.89. The molecule has 4 atom stereocenters. The Morgan fingerprint density at radius 3 is 2.04 bits per heavy atom. The van der Waals surface area contributed by atoms with Crippen molar-refractivity contribution in [3.8, 4) is 0 Å². The van der Waals surface area contributed by atoms with Crippen LogP contribution in [0.4, 0.5) is 0 Å². The maximum absolute atomic E-state index is 12.3. The summed E-state index contributed by atoms with van der Waals surface area (Å²) in [5, 5.41) is 24.2. The maximum Gasteiger partial charge on any atom is 0.325 e. The van der Waals surface area contributed by atoms with Gasteiger partial charge in [0.1, 0.15) is 12.1 Å². The van der Waals surface area contributed by atoms with Crippen LogP contribution in [0, 0.1) is 5.92 Å². The second-order valence-corrected chi connectivity index (χ2v) is 5.92. The molecule has 0 radical (unpaired) electrons. The average molecular weight is 374 g/mol. The Hall–Kier alpha value is -2.69. The molecule has 0 saturated heterocycles. The summed E-state index contributed by atoms with van der Waals surface area (Å²) in [4.78, 5) is 57.1. The van der Waals surface area contributed by atoms with Crippen molar-refractivity contribution in [1.29, 1.82) is 0 Å². The summed E-state index contributed by atoms with van der Waals surface area (Å²) in [6, 6.07) is -3.44. The summed E-state index contributed by atoms with van der Waals surface area (Å²) >= 11 is 0. The van der Waals surface area contributed by atoms with E-state index in [-0.39, 0.29) is 5.92 Å². The maximum atomic E-state index is 12.3. The zero-order valence-corrected chi connectivity index (χ0v) is 14.9. The van der Waals surface area contributed by atoms with Gasteiger partial charge in [-0.15, -0.1) is 0 Å². The van der Waals surface area contributed by atoms with Crippen molar-refractivity contribution in [3.05, 3.63) is 0 Å². The predicted octanol–water partition coefficient (Wildman–Crippen LogP) is -1.98. The molecule has 0 aromatic carbocycles. The third-order valence-corrected chi connectivity index (χ3v) is 3.70. The Labute approximate surface area is 150 Å². The molecule has 11 heteroatoms. The van der Waals surface area contributed by atoms with Gasteiger partial charge in [0.05, 0.1) is 19.0 Å². The Morgan fingerprint density at radius 1 is 1.00 bits per heavy atom. The van der Waals surface area contributed by atoms with Crippen LogP contribution in [0.3, 0.4) is 0 Å². The highest BCUT2D eigenvalue weighted by Crippen LogP contribution is 2.08. The Bertz CT molecular complexity index is 552. The monoisotopic (exact) mass is 374 g/mol. The fourth-order valence-electron chi connectivity index (χ4n) is 1.87. The second-order valence-electron chi connectivity index (χ2n) is 5.92. The van der Waals surface area contributed by atoms with Crippen LogP contribution in [0.25, 0.3) is 0 Å². The molecule has 148 valence electrons. The van der Waals surface area contributed by atoms with E-state index in [2.05, 4.69) is 16.0 Å².